The van der Waals surface area contributed by atoms with Gasteiger partial charge in [-0.3, -0.25) is 19.7 Å². The molecule has 0 saturated carbocycles. The van der Waals surface area contributed by atoms with Gasteiger partial charge in [0.15, 0.2) is 0 Å². The first-order chi connectivity index (χ1) is 15.5. The number of anilines is 1. The third-order valence-corrected chi connectivity index (χ3v) is 5.73. The molecule has 32 heavy (non-hydrogen) atoms. The number of carbonyl (C=O) groups excluding carboxylic acids is 3. The van der Waals surface area contributed by atoms with Crippen LogP contribution in [-0.4, -0.2) is 41.6 Å². The Labute approximate surface area is 191 Å². The standard InChI is InChI=1S/C23H28N4O4S/c1-2-31-19-11-7-6-10-18(19)26-22(30)15-32-23-25-17(13-21(29)27-23)12-20(28)24-14-16-8-4-3-5-9-16/h3-11,17,23,25H,2,12-15H2,1H3,(H,24,28)(H,26,30)(H,27,29). The second kappa shape index (κ2) is 12.1. The number of ether oxygens (including phenoxy) is 1. The number of benzene rings is 2. The van der Waals surface area contributed by atoms with Crippen molar-refractivity contribution in [1.82, 2.24) is 16.0 Å². The lowest BCUT2D eigenvalue weighted by atomic mass is 10.1. The van der Waals surface area contributed by atoms with E-state index in [0.717, 1.165) is 5.56 Å². The molecular formula is C23H28N4O4S. The topological polar surface area (TPSA) is 109 Å². The Morgan fingerprint density at radius 2 is 1.84 bits per heavy atom. The molecule has 8 nitrogen and oxygen atoms in total. The minimum absolute atomic E-state index is 0.130. The molecule has 1 heterocycles. The van der Waals surface area contributed by atoms with E-state index < -0.39 is 5.50 Å². The highest BCUT2D eigenvalue weighted by Crippen LogP contribution is 2.24. The fraction of sp³-hybridized carbons (Fsp3) is 0.348. The summed E-state index contributed by atoms with van der Waals surface area (Å²) in [6.45, 7) is 2.82. The van der Waals surface area contributed by atoms with Gasteiger partial charge in [-0.1, -0.05) is 42.5 Å². The van der Waals surface area contributed by atoms with E-state index in [1.165, 1.54) is 11.8 Å². The number of amides is 3. The molecule has 9 heteroatoms. The van der Waals surface area contributed by atoms with Crippen LogP contribution in [0, 0.1) is 0 Å². The zero-order chi connectivity index (χ0) is 22.8. The van der Waals surface area contributed by atoms with Crippen molar-refractivity contribution in [2.24, 2.45) is 0 Å². The second-order valence-corrected chi connectivity index (χ2v) is 8.36. The first-order valence-corrected chi connectivity index (χ1v) is 11.6. The van der Waals surface area contributed by atoms with Gasteiger partial charge in [0.05, 0.1) is 18.0 Å². The highest BCUT2D eigenvalue weighted by molar-refractivity contribution is 8.00. The van der Waals surface area contributed by atoms with Gasteiger partial charge in [-0.15, -0.1) is 11.8 Å². The fourth-order valence-corrected chi connectivity index (χ4v) is 4.15. The molecule has 2 aromatic carbocycles. The molecule has 2 unspecified atom stereocenters. The Balaban J connectivity index is 1.44. The van der Waals surface area contributed by atoms with Gasteiger partial charge < -0.3 is 20.7 Å². The number of hydrogen-bond donors (Lipinski definition) is 4. The zero-order valence-corrected chi connectivity index (χ0v) is 18.7. The number of thioether (sulfide) groups is 1. The van der Waals surface area contributed by atoms with Crippen molar-refractivity contribution in [3.63, 3.8) is 0 Å². The highest BCUT2D eigenvalue weighted by atomic mass is 32.2. The van der Waals surface area contributed by atoms with Crippen LogP contribution in [0.1, 0.15) is 25.3 Å². The quantitative estimate of drug-likeness (QED) is 0.437. The first-order valence-electron chi connectivity index (χ1n) is 10.5. The molecular weight excluding hydrogens is 428 g/mol. The maximum absolute atomic E-state index is 12.4. The van der Waals surface area contributed by atoms with Crippen molar-refractivity contribution < 1.29 is 19.1 Å². The van der Waals surface area contributed by atoms with Crippen LogP contribution < -0.4 is 26.0 Å². The number of carbonyl (C=O) groups is 3. The van der Waals surface area contributed by atoms with Crippen molar-refractivity contribution in [3.8, 4) is 5.75 Å². The van der Waals surface area contributed by atoms with Crippen LogP contribution in [0.2, 0.25) is 0 Å². The maximum atomic E-state index is 12.4. The van der Waals surface area contributed by atoms with Crippen molar-refractivity contribution in [1.29, 1.82) is 0 Å². The third-order valence-electron chi connectivity index (χ3n) is 4.72. The second-order valence-electron chi connectivity index (χ2n) is 7.27. The fourth-order valence-electron chi connectivity index (χ4n) is 3.25. The summed E-state index contributed by atoms with van der Waals surface area (Å²) in [7, 11) is 0. The van der Waals surface area contributed by atoms with Crippen LogP contribution in [0.15, 0.2) is 54.6 Å². The van der Waals surface area contributed by atoms with Gasteiger partial charge in [-0.25, -0.2) is 0 Å². The molecule has 0 aliphatic carbocycles. The molecule has 1 aliphatic rings. The zero-order valence-electron chi connectivity index (χ0n) is 17.9. The Hall–Kier alpha value is -3.04. The predicted octanol–water partition coefficient (Wildman–Crippen LogP) is 2.23. The Morgan fingerprint density at radius 1 is 1.09 bits per heavy atom. The molecule has 3 rings (SSSR count). The third kappa shape index (κ3) is 7.58. The van der Waals surface area contributed by atoms with Gasteiger partial charge in [-0.05, 0) is 24.6 Å². The molecule has 2 aromatic rings. The molecule has 1 saturated heterocycles. The van der Waals surface area contributed by atoms with Gasteiger partial charge in [-0.2, -0.15) is 0 Å². The van der Waals surface area contributed by atoms with E-state index in [2.05, 4.69) is 21.3 Å². The van der Waals surface area contributed by atoms with E-state index >= 15 is 0 Å². The smallest absolute Gasteiger partial charge is 0.234 e. The van der Waals surface area contributed by atoms with E-state index in [9.17, 15) is 14.4 Å². The molecule has 3 amide bonds. The minimum Gasteiger partial charge on any atom is -0.492 e. The van der Waals surface area contributed by atoms with Gasteiger partial charge in [0.25, 0.3) is 0 Å². The van der Waals surface area contributed by atoms with Gasteiger partial charge in [0, 0.05) is 25.4 Å². The average Bonchev–Trinajstić information content (AvgIpc) is 2.78. The summed E-state index contributed by atoms with van der Waals surface area (Å²) in [5, 5.41) is 11.7. The van der Waals surface area contributed by atoms with Gasteiger partial charge in [0.2, 0.25) is 17.7 Å². The normalized spacial score (nSPS) is 17.8. The summed E-state index contributed by atoms with van der Waals surface area (Å²) in [5.74, 6) is 0.255. The molecule has 2 atom stereocenters. The summed E-state index contributed by atoms with van der Waals surface area (Å²) in [5.41, 5.74) is 1.17. The summed E-state index contributed by atoms with van der Waals surface area (Å²) >= 11 is 1.26. The molecule has 0 bridgehead atoms. The molecule has 170 valence electrons. The first kappa shape index (κ1) is 23.6. The van der Waals surface area contributed by atoms with Gasteiger partial charge in [0.1, 0.15) is 11.2 Å². The lowest BCUT2D eigenvalue weighted by molar-refractivity contribution is -0.125. The molecule has 1 aliphatic heterocycles. The number of rotatable bonds is 10. The van der Waals surface area contributed by atoms with E-state index in [0.29, 0.717) is 24.6 Å². The van der Waals surface area contributed by atoms with Crippen molar-refractivity contribution in [2.45, 2.75) is 37.8 Å². The highest BCUT2D eigenvalue weighted by Gasteiger charge is 2.28. The van der Waals surface area contributed by atoms with E-state index in [-0.39, 0.29) is 42.4 Å². The Morgan fingerprint density at radius 3 is 2.62 bits per heavy atom. The minimum atomic E-state index is -0.448. The summed E-state index contributed by atoms with van der Waals surface area (Å²) < 4.78 is 5.52. The van der Waals surface area contributed by atoms with Crippen molar-refractivity contribution >= 4 is 35.2 Å². The van der Waals surface area contributed by atoms with E-state index in [1.54, 1.807) is 12.1 Å². The molecule has 4 N–H and O–H groups in total. The number of para-hydroxylation sites is 2. The SMILES string of the molecule is CCOc1ccccc1NC(=O)CSC1NC(=O)CC(CC(=O)NCc2ccccc2)N1. The van der Waals surface area contributed by atoms with E-state index in [1.807, 2.05) is 49.4 Å². The van der Waals surface area contributed by atoms with Crippen LogP contribution in [0.25, 0.3) is 0 Å². The summed E-state index contributed by atoms with van der Waals surface area (Å²) in [6, 6.07) is 16.6. The lowest BCUT2D eigenvalue weighted by Crippen LogP contribution is -2.56. The predicted molar refractivity (Wildman–Crippen MR) is 125 cm³/mol. The van der Waals surface area contributed by atoms with Crippen molar-refractivity contribution in [3.05, 3.63) is 60.2 Å². The van der Waals surface area contributed by atoms with Crippen molar-refractivity contribution in [2.75, 3.05) is 17.7 Å². The van der Waals surface area contributed by atoms with Crippen LogP contribution in [0.3, 0.4) is 0 Å². The average molecular weight is 457 g/mol. The van der Waals surface area contributed by atoms with Crippen LogP contribution in [0.4, 0.5) is 5.69 Å². The molecule has 0 radical (unpaired) electrons. The maximum Gasteiger partial charge on any atom is 0.234 e. The Bertz CT molecular complexity index is 925. The Kier molecular flexibility index (Phi) is 8.94. The summed E-state index contributed by atoms with van der Waals surface area (Å²) in [6.07, 6.45) is 0.398. The van der Waals surface area contributed by atoms with Crippen LogP contribution in [0.5, 0.6) is 5.75 Å². The van der Waals surface area contributed by atoms with Crippen LogP contribution in [-0.2, 0) is 20.9 Å². The van der Waals surface area contributed by atoms with Crippen LogP contribution >= 0.6 is 11.8 Å². The molecule has 0 aromatic heterocycles. The monoisotopic (exact) mass is 456 g/mol. The lowest BCUT2D eigenvalue weighted by Gasteiger charge is -2.30. The summed E-state index contributed by atoms with van der Waals surface area (Å²) in [4.78, 5) is 36.8. The molecule has 0 spiro atoms. The number of hydrogen-bond acceptors (Lipinski definition) is 6. The van der Waals surface area contributed by atoms with E-state index in [4.69, 9.17) is 4.74 Å². The number of nitrogens with one attached hydrogen (secondary N) is 4. The van der Waals surface area contributed by atoms with Gasteiger partial charge >= 0.3 is 0 Å². The largest absolute Gasteiger partial charge is 0.492 e. The molecule has 1 fully saturated rings.